The zero-order valence-corrected chi connectivity index (χ0v) is 5.98. The van der Waals surface area contributed by atoms with Gasteiger partial charge in [0.1, 0.15) is 0 Å². The zero-order chi connectivity index (χ0) is 9.14. The third kappa shape index (κ3) is 2.03. The molecule has 12 heavy (non-hydrogen) atoms. The summed E-state index contributed by atoms with van der Waals surface area (Å²) in [4.78, 5) is 0. The first-order valence-electron chi connectivity index (χ1n) is 3.27. The predicted octanol–water partition coefficient (Wildman–Crippen LogP) is 0.955. The van der Waals surface area contributed by atoms with Crippen molar-refractivity contribution < 1.29 is 17.3 Å². The monoisotopic (exact) mass is 174 g/mol. The van der Waals surface area contributed by atoms with Crippen molar-refractivity contribution in [1.29, 1.82) is 0 Å². The van der Waals surface area contributed by atoms with Gasteiger partial charge in [-0.1, -0.05) is 24.3 Å². The van der Waals surface area contributed by atoms with E-state index in [4.69, 9.17) is 0 Å². The van der Waals surface area contributed by atoms with Gasteiger partial charge in [-0.2, -0.15) is 0 Å². The van der Waals surface area contributed by atoms with Crippen molar-refractivity contribution in [3.63, 3.8) is 0 Å². The smallest absolute Gasteiger partial charge is 0.281 e. The first-order chi connectivity index (χ1) is 5.61. The minimum Gasteiger partial charge on any atom is -0.281 e. The molecule has 62 valence electrons. The van der Waals surface area contributed by atoms with Crippen LogP contribution in [0.5, 0.6) is 0 Å². The number of halogens is 4. The third-order valence-corrected chi connectivity index (χ3v) is 1.44. The van der Waals surface area contributed by atoms with E-state index in [0.717, 1.165) is 24.3 Å². The van der Waals surface area contributed by atoms with E-state index >= 15 is 0 Å². The van der Waals surface area contributed by atoms with E-state index < -0.39 is 14.5 Å². The van der Waals surface area contributed by atoms with E-state index in [1.165, 1.54) is 0 Å². The van der Waals surface area contributed by atoms with Gasteiger partial charge in [0.15, 0.2) is 0 Å². The van der Waals surface area contributed by atoms with Crippen LogP contribution >= 0.6 is 0 Å². The summed E-state index contributed by atoms with van der Waals surface area (Å²) in [6.07, 6.45) is 0. The Balaban J connectivity index is 2.86. The Morgan fingerprint density at radius 1 is 0.667 bits per heavy atom. The number of hydrogen-bond acceptors (Lipinski definition) is 0. The van der Waals surface area contributed by atoms with Gasteiger partial charge in [0.2, 0.25) is 0 Å². The largest absolute Gasteiger partial charge is 0.571 e. The van der Waals surface area contributed by atoms with Crippen LogP contribution in [0.2, 0.25) is 0 Å². The minimum absolute atomic E-state index is 0.237. The zero-order valence-electron chi connectivity index (χ0n) is 5.98. The average Bonchev–Trinajstić information content (AvgIpc) is 2.04. The Morgan fingerprint density at radius 2 is 0.917 bits per heavy atom. The quantitative estimate of drug-likeness (QED) is 0.462. The molecule has 1 rings (SSSR count). The fourth-order valence-corrected chi connectivity index (χ4v) is 0.787. The maximum absolute atomic E-state index is 11.9. The van der Waals surface area contributed by atoms with Gasteiger partial charge in [-0.15, -0.1) is 0 Å². The first kappa shape index (κ1) is 9.16. The van der Waals surface area contributed by atoms with E-state index in [9.17, 15) is 17.3 Å². The minimum atomic E-state index is -2.60. The highest BCUT2D eigenvalue weighted by molar-refractivity contribution is 6.62. The van der Waals surface area contributed by atoms with Gasteiger partial charge in [0, 0.05) is 0 Å². The molecule has 0 bridgehead atoms. The molecule has 0 atom stereocenters. The molecule has 0 N–H and O–H groups in total. The second-order valence-electron chi connectivity index (χ2n) is 2.27. The Labute approximate surface area is 67.9 Å². The predicted molar refractivity (Wildman–Crippen MR) is 41.7 cm³/mol. The van der Waals surface area contributed by atoms with Crippen molar-refractivity contribution >= 4 is 25.5 Å². The fourth-order valence-electron chi connectivity index (χ4n) is 0.787. The van der Waals surface area contributed by atoms with Gasteiger partial charge in [-0.3, -0.25) is 17.3 Å². The summed E-state index contributed by atoms with van der Waals surface area (Å²) in [6, 6.07) is 4.02. The van der Waals surface area contributed by atoms with Crippen LogP contribution in [-0.2, 0) is 0 Å². The van der Waals surface area contributed by atoms with E-state index in [-0.39, 0.29) is 10.9 Å². The molecule has 0 nitrogen and oxygen atoms in total. The number of benzene rings is 1. The number of hydrogen-bond donors (Lipinski definition) is 0. The van der Waals surface area contributed by atoms with Gasteiger partial charge in [0.25, 0.3) is 0 Å². The second kappa shape index (κ2) is 3.65. The van der Waals surface area contributed by atoms with Crippen molar-refractivity contribution in [2.24, 2.45) is 0 Å². The van der Waals surface area contributed by atoms with Crippen LogP contribution in [0.15, 0.2) is 24.3 Å². The van der Waals surface area contributed by atoms with Crippen LogP contribution in [-0.4, -0.2) is 14.5 Å². The lowest BCUT2D eigenvalue weighted by Crippen LogP contribution is -2.26. The van der Waals surface area contributed by atoms with E-state index in [1.807, 2.05) is 0 Å². The van der Waals surface area contributed by atoms with Gasteiger partial charge in [-0.05, 0) is 10.9 Å². The van der Waals surface area contributed by atoms with Crippen molar-refractivity contribution in [3.05, 3.63) is 24.3 Å². The van der Waals surface area contributed by atoms with Crippen molar-refractivity contribution in [3.8, 4) is 0 Å². The van der Waals surface area contributed by atoms with Crippen LogP contribution < -0.4 is 10.9 Å². The molecule has 6 heteroatoms. The summed E-state index contributed by atoms with van der Waals surface area (Å²) in [5.41, 5.74) is -0.473. The highest BCUT2D eigenvalue weighted by Crippen LogP contribution is 1.92. The summed E-state index contributed by atoms with van der Waals surface area (Å²) in [5.74, 6) is 0. The van der Waals surface area contributed by atoms with Crippen molar-refractivity contribution in [1.82, 2.24) is 0 Å². The summed E-state index contributed by atoms with van der Waals surface area (Å²) in [5, 5.41) is 0. The average molecular weight is 174 g/mol. The molecule has 0 aliphatic heterocycles. The van der Waals surface area contributed by atoms with Crippen LogP contribution in [0.25, 0.3) is 0 Å². The molecular formula is C6H4B2F4. The van der Waals surface area contributed by atoms with Crippen LogP contribution in [0.3, 0.4) is 0 Å². The summed E-state index contributed by atoms with van der Waals surface area (Å²) >= 11 is 0. The van der Waals surface area contributed by atoms with E-state index in [1.54, 1.807) is 0 Å². The van der Waals surface area contributed by atoms with Crippen molar-refractivity contribution in [2.45, 2.75) is 0 Å². The Bertz CT molecular complexity index is 219. The summed E-state index contributed by atoms with van der Waals surface area (Å²) in [7, 11) is -5.20. The maximum Gasteiger partial charge on any atom is 0.571 e. The van der Waals surface area contributed by atoms with Gasteiger partial charge in [0.05, 0.1) is 0 Å². The molecule has 0 spiro atoms. The molecule has 0 unspecified atom stereocenters. The van der Waals surface area contributed by atoms with Crippen LogP contribution in [0.4, 0.5) is 17.3 Å². The van der Waals surface area contributed by atoms with Crippen LogP contribution in [0.1, 0.15) is 0 Å². The second-order valence-corrected chi connectivity index (χ2v) is 2.27. The lowest BCUT2D eigenvalue weighted by atomic mass is 9.80. The Kier molecular flexibility index (Phi) is 2.78. The van der Waals surface area contributed by atoms with Gasteiger partial charge < -0.3 is 0 Å². The highest BCUT2D eigenvalue weighted by Gasteiger charge is 2.19. The van der Waals surface area contributed by atoms with E-state index in [0.29, 0.717) is 0 Å². The molecule has 0 fully saturated rings. The fraction of sp³-hybridized carbons (Fsp3) is 0. The standard InChI is InChI=1S/C6H4B2F4/c9-7(10)5-1-2-6(4-3-5)8(11)12/h1-4H. The molecule has 1 aromatic carbocycles. The summed E-state index contributed by atoms with van der Waals surface area (Å²) < 4.78 is 47.6. The highest BCUT2D eigenvalue weighted by atomic mass is 19.2. The molecular weight excluding hydrogens is 170 g/mol. The molecule has 0 amide bonds. The third-order valence-electron chi connectivity index (χ3n) is 1.44. The molecule has 0 saturated carbocycles. The normalized spacial score (nSPS) is 9.67. The first-order valence-corrected chi connectivity index (χ1v) is 3.27. The molecule has 0 radical (unpaired) electrons. The molecule has 0 aliphatic carbocycles. The topological polar surface area (TPSA) is 0 Å². The van der Waals surface area contributed by atoms with E-state index in [2.05, 4.69) is 0 Å². The molecule has 0 heterocycles. The number of rotatable bonds is 2. The van der Waals surface area contributed by atoms with Gasteiger partial charge in [-0.25, -0.2) is 0 Å². The summed E-state index contributed by atoms with van der Waals surface area (Å²) in [6.45, 7) is 0. The SMILES string of the molecule is FB(F)c1ccc(B(F)F)cc1. The van der Waals surface area contributed by atoms with Crippen LogP contribution in [0, 0.1) is 0 Å². The Hall–Kier alpha value is -0.930. The van der Waals surface area contributed by atoms with Crippen molar-refractivity contribution in [2.75, 3.05) is 0 Å². The molecule has 1 aromatic rings. The van der Waals surface area contributed by atoms with Gasteiger partial charge >= 0.3 is 14.5 Å². The molecule has 0 aliphatic rings. The lowest BCUT2D eigenvalue weighted by molar-refractivity contribution is 0.682. The maximum atomic E-state index is 11.9. The lowest BCUT2D eigenvalue weighted by Gasteiger charge is -1.97. The molecule has 0 saturated heterocycles. The molecule has 0 aromatic heterocycles. The Morgan fingerprint density at radius 3 is 1.08 bits per heavy atom.